The number of rotatable bonds is 4. The highest BCUT2D eigenvalue weighted by Crippen LogP contribution is 2.29. The lowest BCUT2D eigenvalue weighted by atomic mass is 10.1. The summed E-state index contributed by atoms with van der Waals surface area (Å²) in [6, 6.07) is 4.61. The van der Waals surface area contributed by atoms with Crippen LogP contribution < -0.4 is 4.74 Å². The molecule has 4 rings (SSSR count). The van der Waals surface area contributed by atoms with Gasteiger partial charge in [-0.15, -0.1) is 10.2 Å². The molecule has 0 bridgehead atoms. The zero-order valence-corrected chi connectivity index (χ0v) is 13.3. The van der Waals surface area contributed by atoms with E-state index in [4.69, 9.17) is 4.74 Å². The van der Waals surface area contributed by atoms with Gasteiger partial charge in [-0.1, -0.05) is 12.2 Å². The summed E-state index contributed by atoms with van der Waals surface area (Å²) in [4.78, 5) is 4.10. The Morgan fingerprint density at radius 1 is 1.23 bits per heavy atom. The first-order valence-corrected chi connectivity index (χ1v) is 7.81. The summed E-state index contributed by atoms with van der Waals surface area (Å²) < 4.78 is 33.3. The van der Waals surface area contributed by atoms with Gasteiger partial charge in [-0.2, -0.15) is 5.10 Å². The van der Waals surface area contributed by atoms with E-state index in [0.29, 0.717) is 17.7 Å². The van der Waals surface area contributed by atoms with Crippen LogP contribution in [-0.4, -0.2) is 42.3 Å². The largest absolute Gasteiger partial charge is 0.507 e. The van der Waals surface area contributed by atoms with Crippen LogP contribution in [0.1, 0.15) is 6.42 Å². The second kappa shape index (κ2) is 6.51. The molecule has 1 aliphatic rings. The van der Waals surface area contributed by atoms with E-state index in [1.165, 1.54) is 29.2 Å². The molecule has 0 spiro atoms. The fourth-order valence-electron chi connectivity index (χ4n) is 2.60. The summed E-state index contributed by atoms with van der Waals surface area (Å²) in [5.41, 5.74) is 0.817. The summed E-state index contributed by atoms with van der Waals surface area (Å²) >= 11 is 0. The van der Waals surface area contributed by atoms with E-state index < -0.39 is 18.1 Å². The number of alkyl halides is 1. The van der Waals surface area contributed by atoms with Crippen molar-refractivity contribution in [3.63, 3.8) is 0 Å². The van der Waals surface area contributed by atoms with Crippen LogP contribution in [0.3, 0.4) is 0 Å². The van der Waals surface area contributed by atoms with Gasteiger partial charge in [0.15, 0.2) is 17.8 Å². The maximum absolute atomic E-state index is 13.5. The molecule has 1 N–H and O–H groups in total. The van der Waals surface area contributed by atoms with Gasteiger partial charge >= 0.3 is 0 Å². The van der Waals surface area contributed by atoms with Crippen LogP contribution in [0.2, 0.25) is 0 Å². The number of nitrogens with zero attached hydrogens (tertiary/aromatic N) is 5. The third-order valence-corrected chi connectivity index (χ3v) is 3.89. The summed E-state index contributed by atoms with van der Waals surface area (Å²) in [7, 11) is 0. The fourth-order valence-corrected chi connectivity index (χ4v) is 2.60. The second-order valence-electron chi connectivity index (χ2n) is 5.69. The average molecular weight is 357 g/mol. The third kappa shape index (κ3) is 3.10. The standard InChI is InChI=1S/C17H13F2N5O2/c18-10-7-21-24(9-10)11-4-5-12(14(25)6-11)17-20-8-16(22-23-17)26-15-3-1-2-13(15)19/h1-2,4-9,13,15,25H,3H2/t13-,15+/m1/s1. The molecule has 7 nitrogen and oxygen atoms in total. The van der Waals surface area contributed by atoms with Crippen molar-refractivity contribution in [2.75, 3.05) is 0 Å². The molecule has 9 heteroatoms. The molecule has 2 heterocycles. The van der Waals surface area contributed by atoms with Crippen molar-refractivity contribution in [3.8, 4) is 28.7 Å². The van der Waals surface area contributed by atoms with Crippen molar-refractivity contribution in [2.24, 2.45) is 0 Å². The Morgan fingerprint density at radius 3 is 2.73 bits per heavy atom. The van der Waals surface area contributed by atoms with E-state index in [9.17, 15) is 13.9 Å². The number of phenolic OH excluding ortho intramolecular Hbond substituents is 1. The van der Waals surface area contributed by atoms with Crippen molar-refractivity contribution >= 4 is 0 Å². The molecule has 3 aromatic rings. The molecule has 1 aliphatic carbocycles. The topological polar surface area (TPSA) is 86.0 Å². The minimum atomic E-state index is -1.18. The lowest BCUT2D eigenvalue weighted by molar-refractivity contribution is 0.132. The Bertz CT molecular complexity index is 958. The van der Waals surface area contributed by atoms with Gasteiger partial charge < -0.3 is 9.84 Å². The molecule has 2 atom stereocenters. The molecule has 0 radical (unpaired) electrons. The highest BCUT2D eigenvalue weighted by atomic mass is 19.1. The monoisotopic (exact) mass is 357 g/mol. The number of halogens is 2. The van der Waals surface area contributed by atoms with Crippen molar-refractivity contribution < 1.29 is 18.6 Å². The Morgan fingerprint density at radius 2 is 2.12 bits per heavy atom. The van der Waals surface area contributed by atoms with E-state index in [1.807, 2.05) is 0 Å². The van der Waals surface area contributed by atoms with Gasteiger partial charge in [-0.05, 0) is 12.1 Å². The molecular formula is C17H13F2N5O2. The first-order chi connectivity index (χ1) is 12.6. The minimum absolute atomic E-state index is 0.105. The van der Waals surface area contributed by atoms with Gasteiger partial charge in [0.2, 0.25) is 0 Å². The molecule has 1 aromatic carbocycles. The maximum atomic E-state index is 13.5. The van der Waals surface area contributed by atoms with E-state index in [2.05, 4.69) is 20.3 Å². The lowest BCUT2D eigenvalue weighted by Gasteiger charge is -2.14. The lowest BCUT2D eigenvalue weighted by Crippen LogP contribution is -2.23. The third-order valence-electron chi connectivity index (χ3n) is 3.89. The number of phenols is 1. The van der Waals surface area contributed by atoms with Gasteiger partial charge in [0.1, 0.15) is 11.9 Å². The minimum Gasteiger partial charge on any atom is -0.507 e. The molecule has 0 aliphatic heterocycles. The summed E-state index contributed by atoms with van der Waals surface area (Å²) in [6.07, 6.45) is 5.37. The highest BCUT2D eigenvalue weighted by Gasteiger charge is 2.24. The number of aromatic nitrogens is 5. The van der Waals surface area contributed by atoms with Gasteiger partial charge in [0.25, 0.3) is 5.88 Å². The first kappa shape index (κ1) is 16.1. The number of aromatic hydroxyl groups is 1. The molecule has 0 saturated heterocycles. The highest BCUT2D eigenvalue weighted by molar-refractivity contribution is 5.65. The molecule has 26 heavy (non-hydrogen) atoms. The van der Waals surface area contributed by atoms with Gasteiger partial charge in [0.05, 0.1) is 29.8 Å². The zero-order chi connectivity index (χ0) is 18.1. The molecule has 0 fully saturated rings. The Labute approximate surface area is 146 Å². The predicted octanol–water partition coefficient (Wildman–Crippen LogP) is 2.61. The van der Waals surface area contributed by atoms with E-state index in [0.717, 1.165) is 6.20 Å². The van der Waals surface area contributed by atoms with Crippen molar-refractivity contribution in [1.29, 1.82) is 0 Å². The molecule has 0 saturated carbocycles. The Hall–Kier alpha value is -3.36. The van der Waals surface area contributed by atoms with Crippen LogP contribution in [0.4, 0.5) is 8.78 Å². The zero-order valence-electron chi connectivity index (χ0n) is 13.3. The number of hydrogen-bond donors (Lipinski definition) is 1. The van der Waals surface area contributed by atoms with Gasteiger partial charge in [-0.3, -0.25) is 0 Å². The average Bonchev–Trinajstić information content (AvgIpc) is 3.24. The van der Waals surface area contributed by atoms with Crippen molar-refractivity contribution in [1.82, 2.24) is 25.0 Å². The Kier molecular flexibility index (Phi) is 4.04. The fraction of sp³-hybridized carbons (Fsp3) is 0.176. The van der Waals surface area contributed by atoms with E-state index in [-0.39, 0.29) is 17.5 Å². The molecule has 0 amide bonds. The van der Waals surface area contributed by atoms with Crippen LogP contribution in [0, 0.1) is 5.82 Å². The Balaban J connectivity index is 1.53. The van der Waals surface area contributed by atoms with E-state index >= 15 is 0 Å². The van der Waals surface area contributed by atoms with Crippen LogP contribution in [0.25, 0.3) is 17.1 Å². The SMILES string of the molecule is Oc1cc(-n2cc(F)cn2)ccc1-c1ncc(O[C@H]2CC=C[C@H]2F)nn1. The normalized spacial score (nSPS) is 19.0. The molecule has 0 unspecified atom stereocenters. The second-order valence-corrected chi connectivity index (χ2v) is 5.69. The first-order valence-electron chi connectivity index (χ1n) is 7.81. The van der Waals surface area contributed by atoms with Crippen molar-refractivity contribution in [2.45, 2.75) is 18.7 Å². The predicted molar refractivity (Wildman–Crippen MR) is 87.1 cm³/mol. The molecular weight excluding hydrogens is 344 g/mol. The van der Waals surface area contributed by atoms with Crippen LogP contribution >= 0.6 is 0 Å². The number of ether oxygens (including phenoxy) is 1. The van der Waals surface area contributed by atoms with Gasteiger partial charge in [0, 0.05) is 12.5 Å². The van der Waals surface area contributed by atoms with Crippen LogP contribution in [-0.2, 0) is 0 Å². The van der Waals surface area contributed by atoms with Crippen molar-refractivity contribution in [3.05, 3.63) is 54.8 Å². The van der Waals surface area contributed by atoms with E-state index in [1.54, 1.807) is 18.2 Å². The number of benzene rings is 1. The summed E-state index contributed by atoms with van der Waals surface area (Å²) in [5.74, 6) is -0.315. The maximum Gasteiger partial charge on any atom is 0.252 e. The smallest absolute Gasteiger partial charge is 0.252 e. The molecule has 2 aromatic heterocycles. The quantitative estimate of drug-likeness (QED) is 0.723. The summed E-state index contributed by atoms with van der Waals surface area (Å²) in [6.45, 7) is 0. The summed E-state index contributed by atoms with van der Waals surface area (Å²) in [5, 5.41) is 21.8. The number of hydrogen-bond acceptors (Lipinski definition) is 6. The van der Waals surface area contributed by atoms with Crippen LogP contribution in [0.5, 0.6) is 11.6 Å². The van der Waals surface area contributed by atoms with Gasteiger partial charge in [-0.25, -0.2) is 18.4 Å². The van der Waals surface area contributed by atoms with Crippen LogP contribution in [0.15, 0.2) is 48.9 Å². The molecule has 132 valence electrons.